The van der Waals surface area contributed by atoms with Gasteiger partial charge in [-0.15, -0.1) is 24.8 Å². The lowest BCUT2D eigenvalue weighted by molar-refractivity contribution is 0.179. The van der Waals surface area contributed by atoms with Crippen LogP contribution in [0.25, 0.3) is 11.3 Å². The molecule has 0 amide bonds. The van der Waals surface area contributed by atoms with E-state index in [0.29, 0.717) is 6.04 Å². The highest BCUT2D eigenvalue weighted by Gasteiger charge is 2.22. The first-order valence-corrected chi connectivity index (χ1v) is 6.72. The summed E-state index contributed by atoms with van der Waals surface area (Å²) >= 11 is 0. The molecule has 0 aliphatic carbocycles. The zero-order valence-corrected chi connectivity index (χ0v) is 13.5. The first-order valence-electron chi connectivity index (χ1n) is 6.72. The van der Waals surface area contributed by atoms with E-state index in [9.17, 15) is 0 Å². The topological polar surface area (TPSA) is 47.3 Å². The predicted octanol–water partition coefficient (Wildman–Crippen LogP) is 3.70. The number of halogens is 2. The maximum absolute atomic E-state index is 5.97. The lowest BCUT2D eigenvalue weighted by Crippen LogP contribution is -2.36. The molecule has 1 aliphatic heterocycles. The van der Waals surface area contributed by atoms with Gasteiger partial charge in [-0.1, -0.05) is 0 Å². The van der Waals surface area contributed by atoms with Crippen LogP contribution >= 0.6 is 24.8 Å². The summed E-state index contributed by atoms with van der Waals surface area (Å²) in [6, 6.07) is 6.20. The minimum atomic E-state index is 0. The van der Waals surface area contributed by atoms with Crippen LogP contribution in [0.1, 0.15) is 19.8 Å². The number of nitrogens with one attached hydrogen (secondary N) is 1. The van der Waals surface area contributed by atoms with Gasteiger partial charge in [-0.2, -0.15) is 0 Å². The second-order valence-electron chi connectivity index (χ2n) is 4.91. The van der Waals surface area contributed by atoms with Crippen molar-refractivity contribution in [3.05, 3.63) is 36.9 Å². The van der Waals surface area contributed by atoms with E-state index in [1.165, 1.54) is 12.8 Å². The second kappa shape index (κ2) is 8.27. The van der Waals surface area contributed by atoms with E-state index in [4.69, 9.17) is 9.15 Å². The number of furan rings is 1. The lowest BCUT2D eigenvalue weighted by atomic mass is 10.1. The molecule has 0 saturated carbocycles. The van der Waals surface area contributed by atoms with Crippen LogP contribution in [0.15, 0.2) is 41.3 Å². The Hall–Kier alpha value is -1.23. The van der Waals surface area contributed by atoms with E-state index in [1.54, 1.807) is 18.7 Å². The van der Waals surface area contributed by atoms with Crippen molar-refractivity contribution in [1.82, 2.24) is 10.3 Å². The molecular formula is C15H20Cl2N2O2. The minimum absolute atomic E-state index is 0. The molecule has 3 rings (SSSR count). The molecule has 0 radical (unpaired) electrons. The van der Waals surface area contributed by atoms with E-state index in [-0.39, 0.29) is 30.9 Å². The van der Waals surface area contributed by atoms with Crippen LogP contribution in [-0.2, 0) is 0 Å². The van der Waals surface area contributed by atoms with Gasteiger partial charge in [-0.25, -0.2) is 0 Å². The fraction of sp³-hybridized carbons (Fsp3) is 0.400. The van der Waals surface area contributed by atoms with Crippen molar-refractivity contribution in [3.63, 3.8) is 0 Å². The zero-order valence-electron chi connectivity index (χ0n) is 11.8. The Morgan fingerprint density at radius 3 is 2.90 bits per heavy atom. The van der Waals surface area contributed by atoms with Crippen LogP contribution in [0, 0.1) is 0 Å². The zero-order chi connectivity index (χ0) is 13.1. The molecule has 116 valence electrons. The van der Waals surface area contributed by atoms with E-state index < -0.39 is 0 Å². The summed E-state index contributed by atoms with van der Waals surface area (Å²) in [5, 5.41) is 3.45. The van der Waals surface area contributed by atoms with Crippen LogP contribution in [0.5, 0.6) is 5.75 Å². The number of pyridine rings is 1. The highest BCUT2D eigenvalue weighted by atomic mass is 35.5. The molecule has 2 aromatic heterocycles. The smallest absolute Gasteiger partial charge is 0.138 e. The third-order valence-electron chi connectivity index (χ3n) is 3.51. The predicted molar refractivity (Wildman–Crippen MR) is 87.5 cm³/mol. The molecule has 3 heterocycles. The molecule has 2 atom stereocenters. The van der Waals surface area contributed by atoms with E-state index in [2.05, 4.69) is 17.2 Å². The maximum Gasteiger partial charge on any atom is 0.138 e. The molecule has 0 spiro atoms. The van der Waals surface area contributed by atoms with Crippen molar-refractivity contribution >= 4 is 24.8 Å². The number of hydrogen-bond acceptors (Lipinski definition) is 4. The third kappa shape index (κ3) is 4.37. The van der Waals surface area contributed by atoms with Gasteiger partial charge in [0.1, 0.15) is 17.6 Å². The highest BCUT2D eigenvalue weighted by Crippen LogP contribution is 2.24. The molecule has 1 aliphatic rings. The largest absolute Gasteiger partial charge is 0.487 e. The Labute approximate surface area is 137 Å². The summed E-state index contributed by atoms with van der Waals surface area (Å²) < 4.78 is 11.3. The van der Waals surface area contributed by atoms with Crippen LogP contribution in [0.2, 0.25) is 0 Å². The fourth-order valence-electron chi connectivity index (χ4n) is 2.47. The number of aromatic nitrogens is 1. The summed E-state index contributed by atoms with van der Waals surface area (Å²) in [6.07, 6.45) is 7.74. The molecule has 21 heavy (non-hydrogen) atoms. The highest BCUT2D eigenvalue weighted by molar-refractivity contribution is 5.85. The van der Waals surface area contributed by atoms with Crippen molar-refractivity contribution in [1.29, 1.82) is 0 Å². The monoisotopic (exact) mass is 330 g/mol. The van der Waals surface area contributed by atoms with Gasteiger partial charge in [0.25, 0.3) is 0 Å². The van der Waals surface area contributed by atoms with E-state index in [1.807, 2.05) is 18.2 Å². The quantitative estimate of drug-likeness (QED) is 0.928. The standard InChI is InChI=1S/C15H18N2O2.2ClH/c1-11(14-4-2-6-17-14)19-13-8-12(9-16-10-13)15-5-3-7-18-15;;/h3,5,7-11,14,17H,2,4,6H2,1H3;2*1H. The molecule has 1 saturated heterocycles. The average molecular weight is 331 g/mol. The molecule has 4 nitrogen and oxygen atoms in total. The molecular weight excluding hydrogens is 311 g/mol. The van der Waals surface area contributed by atoms with Crippen LogP contribution in [-0.4, -0.2) is 23.7 Å². The molecule has 2 unspecified atom stereocenters. The van der Waals surface area contributed by atoms with Gasteiger partial charge < -0.3 is 14.5 Å². The Morgan fingerprint density at radius 2 is 2.24 bits per heavy atom. The van der Waals surface area contributed by atoms with Crippen molar-refractivity contribution in [3.8, 4) is 17.1 Å². The third-order valence-corrected chi connectivity index (χ3v) is 3.51. The second-order valence-corrected chi connectivity index (χ2v) is 4.91. The Bertz CT molecular complexity index is 528. The van der Waals surface area contributed by atoms with Gasteiger partial charge in [-0.3, -0.25) is 4.98 Å². The number of ether oxygens (including phenoxy) is 1. The van der Waals surface area contributed by atoms with Crippen molar-refractivity contribution in [2.24, 2.45) is 0 Å². The van der Waals surface area contributed by atoms with Gasteiger partial charge in [0.05, 0.1) is 12.5 Å². The summed E-state index contributed by atoms with van der Waals surface area (Å²) in [6.45, 7) is 3.19. The van der Waals surface area contributed by atoms with Crippen LogP contribution in [0.3, 0.4) is 0 Å². The van der Waals surface area contributed by atoms with Gasteiger partial charge >= 0.3 is 0 Å². The molecule has 1 N–H and O–H groups in total. The van der Waals surface area contributed by atoms with Crippen LogP contribution in [0.4, 0.5) is 0 Å². The molecule has 6 heteroatoms. The summed E-state index contributed by atoms with van der Waals surface area (Å²) in [5.41, 5.74) is 0.939. The van der Waals surface area contributed by atoms with Crippen molar-refractivity contribution in [2.75, 3.05) is 6.54 Å². The Kier molecular flexibility index (Phi) is 7.02. The van der Waals surface area contributed by atoms with Crippen molar-refractivity contribution in [2.45, 2.75) is 31.9 Å². The lowest BCUT2D eigenvalue weighted by Gasteiger charge is -2.21. The van der Waals surface area contributed by atoms with Crippen molar-refractivity contribution < 1.29 is 9.15 Å². The van der Waals surface area contributed by atoms with Gasteiger partial charge in [0.2, 0.25) is 0 Å². The number of hydrogen-bond donors (Lipinski definition) is 1. The minimum Gasteiger partial charge on any atom is -0.487 e. The molecule has 1 fully saturated rings. The SMILES string of the molecule is CC(Oc1cncc(-c2ccco2)c1)C1CCCN1.Cl.Cl. The number of nitrogens with zero attached hydrogens (tertiary/aromatic N) is 1. The normalized spacial score (nSPS) is 18.4. The maximum atomic E-state index is 5.97. The molecule has 0 bridgehead atoms. The summed E-state index contributed by atoms with van der Waals surface area (Å²) in [4.78, 5) is 4.21. The fourth-order valence-corrected chi connectivity index (χ4v) is 2.47. The molecule has 0 aromatic carbocycles. The van der Waals surface area contributed by atoms with Gasteiger partial charge in [-0.05, 0) is 44.5 Å². The Morgan fingerprint density at radius 1 is 1.38 bits per heavy atom. The molecule has 2 aromatic rings. The average Bonchev–Trinajstić information content (AvgIpc) is 3.13. The summed E-state index contributed by atoms with van der Waals surface area (Å²) in [5.74, 6) is 1.60. The van der Waals surface area contributed by atoms with Gasteiger partial charge in [0.15, 0.2) is 0 Å². The number of rotatable bonds is 4. The first kappa shape index (κ1) is 17.8. The van der Waals surface area contributed by atoms with E-state index >= 15 is 0 Å². The summed E-state index contributed by atoms with van der Waals surface area (Å²) in [7, 11) is 0. The van der Waals surface area contributed by atoms with Gasteiger partial charge in [0, 0.05) is 17.8 Å². The van der Waals surface area contributed by atoms with E-state index in [0.717, 1.165) is 23.6 Å². The first-order chi connectivity index (χ1) is 9.33. The Balaban J connectivity index is 0.00000110. The van der Waals surface area contributed by atoms with Crippen LogP contribution < -0.4 is 10.1 Å².